The molecule has 0 aliphatic carbocycles. The highest BCUT2D eigenvalue weighted by Gasteiger charge is 2.11. The molecule has 0 spiro atoms. The molecule has 1 aromatic rings. The van der Waals surface area contributed by atoms with Gasteiger partial charge in [-0.25, -0.2) is 0 Å². The van der Waals surface area contributed by atoms with Crippen LogP contribution in [-0.4, -0.2) is 20.3 Å². The van der Waals surface area contributed by atoms with Gasteiger partial charge in [0.2, 0.25) is 0 Å². The van der Waals surface area contributed by atoms with E-state index in [1.54, 1.807) is 20.3 Å². The van der Waals surface area contributed by atoms with E-state index >= 15 is 0 Å². The molecule has 0 fully saturated rings. The second-order valence-electron chi connectivity index (χ2n) is 3.69. The number of hydrogen-bond donors (Lipinski definition) is 1. The van der Waals surface area contributed by atoms with E-state index in [0.717, 1.165) is 17.7 Å². The van der Waals surface area contributed by atoms with Crippen LogP contribution >= 0.6 is 12.4 Å². The van der Waals surface area contributed by atoms with Crippen LogP contribution in [0.25, 0.3) is 0 Å². The Morgan fingerprint density at radius 3 is 2.29 bits per heavy atom. The zero-order valence-electron chi connectivity index (χ0n) is 10.3. The molecule has 0 aromatic heterocycles. The first-order chi connectivity index (χ1) is 7.62. The molecule has 0 bridgehead atoms. The number of methoxy groups -OCH3 is 2. The van der Waals surface area contributed by atoms with Gasteiger partial charge in [0.05, 0.1) is 19.8 Å². The third kappa shape index (κ3) is 3.85. The fourth-order valence-electron chi connectivity index (χ4n) is 1.58. The summed E-state index contributed by atoms with van der Waals surface area (Å²) < 4.78 is 10.5. The standard InChI is InChI=1S/C13H17NO2.ClH/c1-5-10-7-13(16-4)11(6-9(2)14)8-12(10)15-3;/h1,7-9H,6,14H2,2-4H3;1H. The van der Waals surface area contributed by atoms with Gasteiger partial charge in [0, 0.05) is 6.04 Å². The second kappa shape index (κ2) is 7.05. The largest absolute Gasteiger partial charge is 0.496 e. The summed E-state index contributed by atoms with van der Waals surface area (Å²) in [7, 11) is 3.21. The van der Waals surface area contributed by atoms with Crippen molar-refractivity contribution >= 4 is 12.4 Å². The molecule has 0 radical (unpaired) electrons. The molecule has 0 heterocycles. The van der Waals surface area contributed by atoms with Crippen LogP contribution in [0.15, 0.2) is 12.1 Å². The second-order valence-corrected chi connectivity index (χ2v) is 3.69. The summed E-state index contributed by atoms with van der Waals surface area (Å²) in [6.07, 6.45) is 6.12. The molecule has 4 heteroatoms. The molecular formula is C13H18ClNO2. The first-order valence-electron chi connectivity index (χ1n) is 5.09. The highest BCUT2D eigenvalue weighted by molar-refractivity contribution is 5.85. The Hall–Kier alpha value is -1.37. The van der Waals surface area contributed by atoms with Gasteiger partial charge in [0.1, 0.15) is 11.5 Å². The van der Waals surface area contributed by atoms with Crippen LogP contribution in [-0.2, 0) is 6.42 Å². The Morgan fingerprint density at radius 1 is 1.29 bits per heavy atom. The minimum Gasteiger partial charge on any atom is -0.496 e. The maximum atomic E-state index is 5.77. The maximum Gasteiger partial charge on any atom is 0.135 e. The van der Waals surface area contributed by atoms with Crippen LogP contribution in [0.1, 0.15) is 18.1 Å². The third-order valence-electron chi connectivity index (χ3n) is 2.30. The Balaban J connectivity index is 0.00000256. The highest BCUT2D eigenvalue weighted by Crippen LogP contribution is 2.29. The summed E-state index contributed by atoms with van der Waals surface area (Å²) in [4.78, 5) is 0. The van der Waals surface area contributed by atoms with Crippen LogP contribution in [0.4, 0.5) is 0 Å². The molecular weight excluding hydrogens is 238 g/mol. The molecule has 0 amide bonds. The zero-order valence-corrected chi connectivity index (χ0v) is 11.1. The average molecular weight is 256 g/mol. The number of ether oxygens (including phenoxy) is 2. The van der Waals surface area contributed by atoms with Crippen molar-refractivity contribution in [2.24, 2.45) is 5.73 Å². The molecule has 1 rings (SSSR count). The van der Waals surface area contributed by atoms with Crippen LogP contribution in [0.2, 0.25) is 0 Å². The van der Waals surface area contributed by atoms with Gasteiger partial charge in [0.15, 0.2) is 0 Å². The molecule has 0 aliphatic heterocycles. The molecule has 1 atom stereocenters. The number of benzene rings is 1. The predicted molar refractivity (Wildman–Crippen MR) is 72.1 cm³/mol. The Morgan fingerprint density at radius 2 is 1.88 bits per heavy atom. The Bertz CT molecular complexity index is 411. The third-order valence-corrected chi connectivity index (χ3v) is 2.30. The van der Waals surface area contributed by atoms with Gasteiger partial charge in [-0.2, -0.15) is 0 Å². The van der Waals surface area contributed by atoms with Gasteiger partial charge in [-0.05, 0) is 31.0 Å². The molecule has 0 saturated carbocycles. The molecule has 0 saturated heterocycles. The van der Waals surface area contributed by atoms with E-state index < -0.39 is 0 Å². The minimum absolute atomic E-state index is 0. The maximum absolute atomic E-state index is 5.77. The fourth-order valence-corrected chi connectivity index (χ4v) is 1.58. The van der Waals surface area contributed by atoms with Gasteiger partial charge in [-0.15, -0.1) is 18.8 Å². The first-order valence-corrected chi connectivity index (χ1v) is 5.09. The number of nitrogens with two attached hydrogens (primary N) is 1. The number of halogens is 1. The summed E-state index contributed by atoms with van der Waals surface area (Å²) in [5.41, 5.74) is 7.47. The van der Waals surface area contributed by atoms with Gasteiger partial charge in [0.25, 0.3) is 0 Å². The van der Waals surface area contributed by atoms with E-state index in [2.05, 4.69) is 5.92 Å². The summed E-state index contributed by atoms with van der Waals surface area (Å²) in [6.45, 7) is 1.95. The van der Waals surface area contributed by atoms with E-state index in [-0.39, 0.29) is 18.4 Å². The van der Waals surface area contributed by atoms with Crippen LogP contribution < -0.4 is 15.2 Å². The van der Waals surface area contributed by atoms with Gasteiger partial charge >= 0.3 is 0 Å². The van der Waals surface area contributed by atoms with Crippen molar-refractivity contribution in [2.45, 2.75) is 19.4 Å². The first kappa shape index (κ1) is 15.6. The lowest BCUT2D eigenvalue weighted by Gasteiger charge is -2.13. The normalized spacial score (nSPS) is 11.0. The monoisotopic (exact) mass is 255 g/mol. The van der Waals surface area contributed by atoms with E-state index in [1.165, 1.54) is 0 Å². The van der Waals surface area contributed by atoms with Crippen molar-refractivity contribution in [3.63, 3.8) is 0 Å². The average Bonchev–Trinajstić information content (AvgIpc) is 2.27. The van der Waals surface area contributed by atoms with Crippen molar-refractivity contribution in [2.75, 3.05) is 14.2 Å². The van der Waals surface area contributed by atoms with Crippen molar-refractivity contribution in [1.82, 2.24) is 0 Å². The van der Waals surface area contributed by atoms with Crippen molar-refractivity contribution in [1.29, 1.82) is 0 Å². The lowest BCUT2D eigenvalue weighted by molar-refractivity contribution is 0.397. The van der Waals surface area contributed by atoms with Crippen molar-refractivity contribution < 1.29 is 9.47 Å². The molecule has 94 valence electrons. The molecule has 2 N–H and O–H groups in total. The van der Waals surface area contributed by atoms with E-state index in [1.807, 2.05) is 13.0 Å². The lowest BCUT2D eigenvalue weighted by atomic mass is 10.0. The molecule has 1 unspecified atom stereocenters. The van der Waals surface area contributed by atoms with Gasteiger partial charge < -0.3 is 15.2 Å². The molecule has 17 heavy (non-hydrogen) atoms. The van der Waals surface area contributed by atoms with Gasteiger partial charge in [-0.3, -0.25) is 0 Å². The Kier molecular flexibility index (Phi) is 6.48. The number of hydrogen-bond acceptors (Lipinski definition) is 3. The Labute approximate surface area is 109 Å². The van der Waals surface area contributed by atoms with E-state index in [4.69, 9.17) is 21.6 Å². The van der Waals surface area contributed by atoms with Crippen LogP contribution in [0.5, 0.6) is 11.5 Å². The van der Waals surface area contributed by atoms with Gasteiger partial charge in [-0.1, -0.05) is 5.92 Å². The highest BCUT2D eigenvalue weighted by atomic mass is 35.5. The SMILES string of the molecule is C#Cc1cc(OC)c(CC(C)N)cc1OC.Cl. The zero-order chi connectivity index (χ0) is 12.1. The van der Waals surface area contributed by atoms with Crippen LogP contribution in [0.3, 0.4) is 0 Å². The predicted octanol–water partition coefficient (Wildman–Crippen LogP) is 2.00. The summed E-state index contributed by atoms with van der Waals surface area (Å²) in [5, 5.41) is 0. The van der Waals surface area contributed by atoms with Crippen LogP contribution in [0, 0.1) is 12.3 Å². The van der Waals surface area contributed by atoms with Crippen molar-refractivity contribution in [3.8, 4) is 23.8 Å². The minimum atomic E-state index is 0. The fraction of sp³-hybridized carbons (Fsp3) is 0.385. The molecule has 3 nitrogen and oxygen atoms in total. The lowest BCUT2D eigenvalue weighted by Crippen LogP contribution is -2.18. The summed E-state index contributed by atoms with van der Waals surface area (Å²) in [6, 6.07) is 3.75. The quantitative estimate of drug-likeness (QED) is 0.837. The molecule has 0 aliphatic rings. The van der Waals surface area contributed by atoms with E-state index in [9.17, 15) is 0 Å². The summed E-state index contributed by atoms with van der Waals surface area (Å²) >= 11 is 0. The van der Waals surface area contributed by atoms with E-state index in [0.29, 0.717) is 11.3 Å². The number of rotatable bonds is 4. The summed E-state index contributed by atoms with van der Waals surface area (Å²) in [5.74, 6) is 4.00. The van der Waals surface area contributed by atoms with Crippen molar-refractivity contribution in [3.05, 3.63) is 23.3 Å². The smallest absolute Gasteiger partial charge is 0.135 e. The number of terminal acetylenes is 1. The topological polar surface area (TPSA) is 44.5 Å². The molecule has 1 aromatic carbocycles.